The summed E-state index contributed by atoms with van der Waals surface area (Å²) in [5.41, 5.74) is 1.77. The zero-order valence-electron chi connectivity index (χ0n) is 13.4. The summed E-state index contributed by atoms with van der Waals surface area (Å²) in [5, 5.41) is 51.7. The molecule has 1 aromatic rings. The van der Waals surface area contributed by atoms with Gasteiger partial charge >= 0.3 is 0 Å². The maximum Gasteiger partial charge on any atom is 0.164 e. The van der Waals surface area contributed by atoms with Crippen LogP contribution in [0.3, 0.4) is 0 Å². The predicted molar refractivity (Wildman–Crippen MR) is 86.5 cm³/mol. The number of phenols is 1. The zero-order valence-corrected chi connectivity index (χ0v) is 13.4. The van der Waals surface area contributed by atoms with E-state index < -0.39 is 18.7 Å². The quantitative estimate of drug-likeness (QED) is 0.224. The Bertz CT molecular complexity index is 442. The third kappa shape index (κ3) is 7.74. The average Bonchev–Trinajstić information content (AvgIpc) is 2.48. The number of rotatable bonds is 11. The van der Waals surface area contributed by atoms with Gasteiger partial charge in [0.15, 0.2) is 12.6 Å². The van der Waals surface area contributed by atoms with Crippen molar-refractivity contribution in [2.45, 2.75) is 51.4 Å². The average molecular weight is 328 g/mol. The van der Waals surface area contributed by atoms with Crippen molar-refractivity contribution < 1.29 is 25.5 Å². The highest BCUT2D eigenvalue weighted by molar-refractivity contribution is 5.37. The van der Waals surface area contributed by atoms with Gasteiger partial charge in [0, 0.05) is 13.1 Å². The molecule has 1 rings (SSSR count). The first kappa shape index (κ1) is 19.8. The molecule has 0 aliphatic rings. The standard InChI is InChI=1S/C16H28N2O5/c1-2-3-4-5-11-6-7-12(19)8-13(11)16(17-9-14(20)21)18-10-15(22)23/h6-8,14-23H,2-5,9-10H2,1H3. The fourth-order valence-corrected chi connectivity index (χ4v) is 2.38. The van der Waals surface area contributed by atoms with E-state index in [4.69, 9.17) is 20.4 Å². The Labute approximate surface area is 136 Å². The van der Waals surface area contributed by atoms with Crippen molar-refractivity contribution in [2.24, 2.45) is 0 Å². The highest BCUT2D eigenvalue weighted by Crippen LogP contribution is 2.23. The van der Waals surface area contributed by atoms with Gasteiger partial charge in [-0.3, -0.25) is 10.6 Å². The Balaban J connectivity index is 2.93. The SMILES string of the molecule is CCCCCc1ccc(O)cc1C(NCC(O)O)NCC(O)O. The van der Waals surface area contributed by atoms with Crippen molar-refractivity contribution in [3.63, 3.8) is 0 Å². The lowest BCUT2D eigenvalue weighted by atomic mass is 9.98. The van der Waals surface area contributed by atoms with Gasteiger partial charge in [-0.05, 0) is 36.1 Å². The summed E-state index contributed by atoms with van der Waals surface area (Å²) in [4.78, 5) is 0. The number of unbranched alkanes of at least 4 members (excludes halogenated alkanes) is 2. The van der Waals surface area contributed by atoms with Gasteiger partial charge in [0.05, 0.1) is 6.17 Å². The molecule has 7 heteroatoms. The van der Waals surface area contributed by atoms with Gasteiger partial charge in [-0.25, -0.2) is 0 Å². The predicted octanol–water partition coefficient (Wildman–Crippen LogP) is -0.0759. The molecule has 0 radical (unpaired) electrons. The fourth-order valence-electron chi connectivity index (χ4n) is 2.38. The van der Waals surface area contributed by atoms with Crippen LogP contribution in [0, 0.1) is 0 Å². The van der Waals surface area contributed by atoms with E-state index in [1.54, 1.807) is 12.1 Å². The molecule has 0 saturated heterocycles. The van der Waals surface area contributed by atoms with Crippen LogP contribution < -0.4 is 10.6 Å². The van der Waals surface area contributed by atoms with E-state index in [0.29, 0.717) is 0 Å². The number of aryl methyl sites for hydroxylation is 1. The minimum Gasteiger partial charge on any atom is -0.508 e. The van der Waals surface area contributed by atoms with E-state index in [-0.39, 0.29) is 18.8 Å². The topological polar surface area (TPSA) is 125 Å². The van der Waals surface area contributed by atoms with Crippen LogP contribution in [-0.4, -0.2) is 51.2 Å². The molecule has 0 aromatic heterocycles. The number of aromatic hydroxyl groups is 1. The molecule has 0 unspecified atom stereocenters. The highest BCUT2D eigenvalue weighted by Gasteiger charge is 2.17. The summed E-state index contributed by atoms with van der Waals surface area (Å²) in [6.07, 6.45) is 0.427. The molecular formula is C16H28N2O5. The minimum absolute atomic E-state index is 0.0940. The smallest absolute Gasteiger partial charge is 0.164 e. The van der Waals surface area contributed by atoms with Crippen molar-refractivity contribution in [1.29, 1.82) is 0 Å². The van der Waals surface area contributed by atoms with Crippen LogP contribution in [0.25, 0.3) is 0 Å². The van der Waals surface area contributed by atoms with E-state index in [1.165, 1.54) is 0 Å². The van der Waals surface area contributed by atoms with Crippen LogP contribution in [0.4, 0.5) is 0 Å². The third-order valence-corrected chi connectivity index (χ3v) is 3.50. The molecule has 7 N–H and O–H groups in total. The summed E-state index contributed by atoms with van der Waals surface area (Å²) in [6.45, 7) is 1.93. The molecule has 132 valence electrons. The first-order chi connectivity index (χ1) is 10.9. The van der Waals surface area contributed by atoms with Crippen LogP contribution in [0.15, 0.2) is 18.2 Å². The number of hydrogen-bond acceptors (Lipinski definition) is 7. The first-order valence-electron chi connectivity index (χ1n) is 7.94. The van der Waals surface area contributed by atoms with Crippen LogP contribution in [0.2, 0.25) is 0 Å². The number of phenolic OH excluding ortho intramolecular Hbond substituents is 1. The third-order valence-electron chi connectivity index (χ3n) is 3.50. The van der Waals surface area contributed by atoms with Crippen LogP contribution in [-0.2, 0) is 6.42 Å². The summed E-state index contributed by atoms with van der Waals surface area (Å²) in [6, 6.07) is 5.05. The van der Waals surface area contributed by atoms with E-state index in [9.17, 15) is 5.11 Å². The molecule has 0 bridgehead atoms. The zero-order chi connectivity index (χ0) is 17.2. The van der Waals surface area contributed by atoms with E-state index in [0.717, 1.165) is 36.8 Å². The Hall–Kier alpha value is -1.22. The molecule has 0 fully saturated rings. The summed E-state index contributed by atoms with van der Waals surface area (Å²) >= 11 is 0. The second-order valence-electron chi connectivity index (χ2n) is 5.55. The van der Waals surface area contributed by atoms with Gasteiger partial charge in [-0.2, -0.15) is 0 Å². The second kappa shape index (κ2) is 10.5. The van der Waals surface area contributed by atoms with Gasteiger partial charge in [0.1, 0.15) is 5.75 Å². The highest BCUT2D eigenvalue weighted by atomic mass is 16.5. The van der Waals surface area contributed by atoms with Crippen molar-refractivity contribution in [1.82, 2.24) is 10.6 Å². The Kier molecular flexibility index (Phi) is 9.08. The van der Waals surface area contributed by atoms with Gasteiger partial charge in [-0.1, -0.05) is 25.8 Å². The fraction of sp³-hybridized carbons (Fsp3) is 0.625. The Morgan fingerprint density at radius 2 is 1.57 bits per heavy atom. The molecule has 0 saturated carbocycles. The van der Waals surface area contributed by atoms with Crippen molar-refractivity contribution in [2.75, 3.05) is 13.1 Å². The maximum atomic E-state index is 9.76. The number of aliphatic hydroxyl groups excluding tert-OH is 2. The lowest BCUT2D eigenvalue weighted by molar-refractivity contribution is -0.0463. The second-order valence-corrected chi connectivity index (χ2v) is 5.55. The Morgan fingerprint density at radius 1 is 0.957 bits per heavy atom. The monoisotopic (exact) mass is 328 g/mol. The molecule has 1 aromatic carbocycles. The minimum atomic E-state index is -1.53. The number of nitrogens with one attached hydrogen (secondary N) is 2. The molecular weight excluding hydrogens is 300 g/mol. The maximum absolute atomic E-state index is 9.76. The lowest BCUT2D eigenvalue weighted by Gasteiger charge is -2.24. The molecule has 0 aliphatic heterocycles. The van der Waals surface area contributed by atoms with E-state index in [1.807, 2.05) is 6.07 Å². The van der Waals surface area contributed by atoms with Gasteiger partial charge in [0.2, 0.25) is 0 Å². The molecule has 7 nitrogen and oxygen atoms in total. The molecule has 0 aliphatic carbocycles. The normalized spacial score (nSPS) is 11.8. The van der Waals surface area contributed by atoms with E-state index in [2.05, 4.69) is 17.6 Å². The van der Waals surface area contributed by atoms with Gasteiger partial charge in [-0.15, -0.1) is 0 Å². The number of benzene rings is 1. The van der Waals surface area contributed by atoms with Crippen LogP contribution in [0.1, 0.15) is 43.5 Å². The lowest BCUT2D eigenvalue weighted by Crippen LogP contribution is -2.41. The van der Waals surface area contributed by atoms with Crippen molar-refractivity contribution in [3.05, 3.63) is 29.3 Å². The molecule has 0 amide bonds. The van der Waals surface area contributed by atoms with Gasteiger partial charge in [0.25, 0.3) is 0 Å². The molecule has 23 heavy (non-hydrogen) atoms. The molecule has 0 atom stereocenters. The molecule has 0 spiro atoms. The van der Waals surface area contributed by atoms with Gasteiger partial charge < -0.3 is 25.5 Å². The Morgan fingerprint density at radius 3 is 2.09 bits per heavy atom. The van der Waals surface area contributed by atoms with E-state index >= 15 is 0 Å². The van der Waals surface area contributed by atoms with Crippen molar-refractivity contribution in [3.8, 4) is 5.75 Å². The largest absolute Gasteiger partial charge is 0.508 e. The van der Waals surface area contributed by atoms with Crippen LogP contribution >= 0.6 is 0 Å². The number of aliphatic hydroxyl groups is 4. The number of hydrogen-bond donors (Lipinski definition) is 7. The summed E-state index contributed by atoms with van der Waals surface area (Å²) in [7, 11) is 0. The summed E-state index contributed by atoms with van der Waals surface area (Å²) in [5.74, 6) is 0.0990. The van der Waals surface area contributed by atoms with Crippen molar-refractivity contribution >= 4 is 0 Å². The summed E-state index contributed by atoms with van der Waals surface area (Å²) < 4.78 is 0. The van der Waals surface area contributed by atoms with Crippen LogP contribution in [0.5, 0.6) is 5.75 Å². The first-order valence-corrected chi connectivity index (χ1v) is 7.94. The molecule has 0 heterocycles.